The number of nitrogens with one attached hydrogen (secondary N) is 2. The van der Waals surface area contributed by atoms with Gasteiger partial charge in [0.15, 0.2) is 11.5 Å². The molecule has 3 aliphatic carbocycles. The summed E-state index contributed by atoms with van der Waals surface area (Å²) >= 11 is 0. The van der Waals surface area contributed by atoms with E-state index >= 15 is 0 Å². The molecule has 6 heteroatoms. The minimum Gasteiger partial charge on any atom is -0.347 e. The van der Waals surface area contributed by atoms with Crippen molar-refractivity contribution in [3.63, 3.8) is 0 Å². The first-order valence-corrected chi connectivity index (χ1v) is 11.0. The van der Waals surface area contributed by atoms with E-state index in [4.69, 9.17) is 0 Å². The Morgan fingerprint density at radius 1 is 0.968 bits per heavy atom. The van der Waals surface area contributed by atoms with Crippen LogP contribution in [0.15, 0.2) is 60.0 Å². The Bertz CT molecular complexity index is 1080. The SMILES string of the molecule is CC1C=CC2=C(C1)CC(NC(=O)c1nccnc1NC(=O)C1Cc3ccccc3C1)C2. The van der Waals surface area contributed by atoms with E-state index in [9.17, 15) is 9.59 Å². The smallest absolute Gasteiger partial charge is 0.273 e. The van der Waals surface area contributed by atoms with Gasteiger partial charge >= 0.3 is 0 Å². The molecule has 2 aromatic rings. The van der Waals surface area contributed by atoms with Crippen LogP contribution in [0.4, 0.5) is 5.82 Å². The van der Waals surface area contributed by atoms with Crippen LogP contribution in [-0.4, -0.2) is 27.8 Å². The van der Waals surface area contributed by atoms with E-state index in [1.165, 1.54) is 34.7 Å². The van der Waals surface area contributed by atoms with Crippen LogP contribution in [0.5, 0.6) is 0 Å². The standard InChI is InChI=1S/C25H26N4O2/c1-15-6-7-18-13-21(14-19(18)10-15)28-25(31)22-23(27-9-8-26-22)29-24(30)20-11-16-4-2-3-5-17(16)12-20/h2-9,15,20-21H,10-14H2,1H3,(H,28,31)(H,27,29,30). The van der Waals surface area contributed by atoms with Gasteiger partial charge in [-0.1, -0.05) is 48.9 Å². The number of allylic oxidation sites excluding steroid dienone is 2. The molecule has 1 heterocycles. The Hall–Kier alpha value is -3.28. The van der Waals surface area contributed by atoms with Gasteiger partial charge in [0.2, 0.25) is 5.91 Å². The first kappa shape index (κ1) is 19.7. The lowest BCUT2D eigenvalue weighted by Gasteiger charge is -2.16. The normalized spacial score (nSPS) is 22.2. The van der Waals surface area contributed by atoms with Crippen LogP contribution >= 0.6 is 0 Å². The molecular formula is C25H26N4O2. The third-order valence-corrected chi connectivity index (χ3v) is 6.52. The molecule has 6 nitrogen and oxygen atoms in total. The largest absolute Gasteiger partial charge is 0.347 e. The number of hydrogen-bond acceptors (Lipinski definition) is 4. The van der Waals surface area contributed by atoms with Gasteiger partial charge in [0.05, 0.1) is 0 Å². The quantitative estimate of drug-likeness (QED) is 0.800. The Morgan fingerprint density at radius 2 is 1.71 bits per heavy atom. The summed E-state index contributed by atoms with van der Waals surface area (Å²) in [5.41, 5.74) is 5.37. The molecule has 3 aliphatic rings. The van der Waals surface area contributed by atoms with Crippen molar-refractivity contribution in [2.75, 3.05) is 5.32 Å². The van der Waals surface area contributed by atoms with Gasteiger partial charge in [-0.3, -0.25) is 9.59 Å². The molecule has 2 unspecified atom stereocenters. The molecule has 2 amide bonds. The predicted molar refractivity (Wildman–Crippen MR) is 118 cm³/mol. The molecule has 0 saturated carbocycles. The van der Waals surface area contributed by atoms with Crippen LogP contribution in [0, 0.1) is 11.8 Å². The molecule has 0 radical (unpaired) electrons. The van der Waals surface area contributed by atoms with Crippen molar-refractivity contribution in [1.82, 2.24) is 15.3 Å². The fraction of sp³-hybridized carbons (Fsp3) is 0.360. The maximum atomic E-state index is 13.0. The van der Waals surface area contributed by atoms with Gasteiger partial charge in [-0.15, -0.1) is 0 Å². The predicted octanol–water partition coefficient (Wildman–Crippen LogP) is 3.61. The second-order valence-corrected chi connectivity index (χ2v) is 8.86. The zero-order valence-electron chi connectivity index (χ0n) is 17.6. The van der Waals surface area contributed by atoms with Crippen LogP contribution in [-0.2, 0) is 17.6 Å². The molecule has 158 valence electrons. The summed E-state index contributed by atoms with van der Waals surface area (Å²) < 4.78 is 0. The molecule has 1 aromatic heterocycles. The second kappa shape index (κ2) is 8.10. The van der Waals surface area contributed by atoms with Crippen molar-refractivity contribution >= 4 is 17.6 Å². The summed E-state index contributed by atoms with van der Waals surface area (Å²) in [5, 5.41) is 5.95. The number of fused-ring (bicyclic) bond motifs is 1. The fourth-order valence-corrected chi connectivity index (χ4v) is 4.96. The number of rotatable bonds is 4. The van der Waals surface area contributed by atoms with Gasteiger partial charge in [0.1, 0.15) is 0 Å². The van der Waals surface area contributed by atoms with E-state index < -0.39 is 0 Å². The highest BCUT2D eigenvalue weighted by atomic mass is 16.2. The van der Waals surface area contributed by atoms with Crippen molar-refractivity contribution in [2.45, 2.75) is 45.1 Å². The molecule has 0 aliphatic heterocycles. The number of nitrogens with zero attached hydrogens (tertiary/aromatic N) is 2. The third-order valence-electron chi connectivity index (χ3n) is 6.52. The van der Waals surface area contributed by atoms with Gasteiger partial charge < -0.3 is 10.6 Å². The zero-order valence-corrected chi connectivity index (χ0v) is 17.6. The van der Waals surface area contributed by atoms with E-state index in [1.807, 2.05) is 12.1 Å². The molecule has 0 spiro atoms. The first-order chi connectivity index (χ1) is 15.1. The van der Waals surface area contributed by atoms with Gasteiger partial charge in [0, 0.05) is 24.4 Å². The van der Waals surface area contributed by atoms with Crippen molar-refractivity contribution in [3.05, 3.63) is 76.8 Å². The van der Waals surface area contributed by atoms with Crippen molar-refractivity contribution in [1.29, 1.82) is 0 Å². The van der Waals surface area contributed by atoms with Crippen LogP contribution in [0.3, 0.4) is 0 Å². The number of anilines is 1. The summed E-state index contributed by atoms with van der Waals surface area (Å²) in [4.78, 5) is 34.3. The van der Waals surface area contributed by atoms with E-state index in [1.54, 1.807) is 0 Å². The number of hydrogen-bond donors (Lipinski definition) is 2. The van der Waals surface area contributed by atoms with E-state index in [-0.39, 0.29) is 35.3 Å². The monoisotopic (exact) mass is 414 g/mol. The molecule has 0 bridgehead atoms. The zero-order chi connectivity index (χ0) is 21.4. The number of carbonyl (C=O) groups excluding carboxylic acids is 2. The maximum Gasteiger partial charge on any atom is 0.273 e. The second-order valence-electron chi connectivity index (χ2n) is 8.86. The van der Waals surface area contributed by atoms with Gasteiger partial charge in [0.25, 0.3) is 5.91 Å². The van der Waals surface area contributed by atoms with E-state index in [0.717, 1.165) is 19.3 Å². The molecule has 31 heavy (non-hydrogen) atoms. The van der Waals surface area contributed by atoms with E-state index in [2.05, 4.69) is 51.8 Å². The molecule has 2 atom stereocenters. The minimum atomic E-state index is -0.292. The first-order valence-electron chi connectivity index (χ1n) is 11.0. The highest BCUT2D eigenvalue weighted by molar-refractivity contribution is 6.02. The van der Waals surface area contributed by atoms with Crippen molar-refractivity contribution in [3.8, 4) is 0 Å². The number of amides is 2. The summed E-state index contributed by atoms with van der Waals surface area (Å²) in [6.07, 6.45) is 11.6. The lowest BCUT2D eigenvalue weighted by atomic mass is 9.93. The number of aromatic nitrogens is 2. The molecule has 1 aromatic carbocycles. The molecule has 2 N–H and O–H groups in total. The molecule has 0 saturated heterocycles. The lowest BCUT2D eigenvalue weighted by molar-refractivity contribution is -0.119. The van der Waals surface area contributed by atoms with Crippen LogP contribution in [0.25, 0.3) is 0 Å². The Morgan fingerprint density at radius 3 is 2.48 bits per heavy atom. The third kappa shape index (κ3) is 4.02. The van der Waals surface area contributed by atoms with Crippen molar-refractivity contribution in [2.24, 2.45) is 11.8 Å². The van der Waals surface area contributed by atoms with Gasteiger partial charge in [-0.25, -0.2) is 9.97 Å². The highest BCUT2D eigenvalue weighted by Crippen LogP contribution is 2.36. The summed E-state index contributed by atoms with van der Waals surface area (Å²) in [6, 6.07) is 8.18. The van der Waals surface area contributed by atoms with Crippen LogP contribution < -0.4 is 10.6 Å². The number of carbonyl (C=O) groups is 2. The highest BCUT2D eigenvalue weighted by Gasteiger charge is 2.30. The Labute approximate surface area is 181 Å². The Kier molecular flexibility index (Phi) is 5.14. The van der Waals surface area contributed by atoms with Crippen molar-refractivity contribution < 1.29 is 9.59 Å². The fourth-order valence-electron chi connectivity index (χ4n) is 4.96. The van der Waals surface area contributed by atoms with Gasteiger partial charge in [-0.05, 0) is 54.7 Å². The van der Waals surface area contributed by atoms with Crippen LogP contribution in [0.1, 0.15) is 47.8 Å². The van der Waals surface area contributed by atoms with E-state index in [0.29, 0.717) is 18.8 Å². The average Bonchev–Trinajstić information content (AvgIpc) is 3.37. The minimum absolute atomic E-state index is 0.0577. The molecule has 5 rings (SSSR count). The number of benzene rings is 1. The summed E-state index contributed by atoms with van der Waals surface area (Å²) in [7, 11) is 0. The lowest BCUT2D eigenvalue weighted by Crippen LogP contribution is -2.35. The summed E-state index contributed by atoms with van der Waals surface area (Å²) in [6.45, 7) is 2.21. The Balaban J connectivity index is 1.24. The molecule has 0 fully saturated rings. The average molecular weight is 415 g/mol. The maximum absolute atomic E-state index is 13.0. The topological polar surface area (TPSA) is 84.0 Å². The molecular weight excluding hydrogens is 388 g/mol. The summed E-state index contributed by atoms with van der Waals surface area (Å²) in [5.74, 6) is 0.208. The van der Waals surface area contributed by atoms with Crippen LogP contribution in [0.2, 0.25) is 0 Å². The van der Waals surface area contributed by atoms with Gasteiger partial charge in [-0.2, -0.15) is 0 Å².